The zero-order chi connectivity index (χ0) is 56.3. The molecular weight excluding hydrogens is 972 g/mol. The van der Waals surface area contributed by atoms with Crippen molar-refractivity contribution in [1.29, 1.82) is 0 Å². The molecule has 0 bridgehead atoms. The van der Waals surface area contributed by atoms with Crippen LogP contribution in [0.5, 0.6) is 0 Å². The third kappa shape index (κ3) is 62.4. The molecule has 0 spiro atoms. The fourth-order valence-electron chi connectivity index (χ4n) is 10.6. The van der Waals surface area contributed by atoms with E-state index in [-0.39, 0.29) is 19.1 Å². The number of phosphoric acid groups is 1. The van der Waals surface area contributed by atoms with Gasteiger partial charge in [0.25, 0.3) is 0 Å². The SMILES string of the molecule is CCCCCCCCCC/C=C\CCCCCCCCCCCCCCCCCCCCCC(=O)NC(COP(=O)(O)OCC[N+](C)(C)C)C(O)/C=C/CCCCCCCCCCCCCCCCCCCCCCCC. The third-order valence-electron chi connectivity index (χ3n) is 15.9. The molecule has 0 aliphatic heterocycles. The van der Waals surface area contributed by atoms with Crippen molar-refractivity contribution in [2.75, 3.05) is 40.9 Å². The molecule has 0 saturated carbocycles. The van der Waals surface area contributed by atoms with Gasteiger partial charge in [-0.3, -0.25) is 13.8 Å². The van der Waals surface area contributed by atoms with Crippen LogP contribution in [0.2, 0.25) is 0 Å². The number of carbonyl (C=O) groups excluding carboxylic acids is 1. The average molecular weight is 1110 g/mol. The molecule has 9 heteroatoms. The van der Waals surface area contributed by atoms with Crippen LogP contribution in [0.1, 0.15) is 354 Å². The predicted octanol–water partition coefficient (Wildman–Crippen LogP) is 21.5. The zero-order valence-corrected chi connectivity index (χ0v) is 53.4. The number of phosphoric ester groups is 1. The van der Waals surface area contributed by atoms with E-state index in [1.807, 2.05) is 27.2 Å². The molecule has 8 nitrogen and oxygen atoms in total. The van der Waals surface area contributed by atoms with E-state index >= 15 is 0 Å². The lowest BCUT2D eigenvalue weighted by molar-refractivity contribution is -0.870. The summed E-state index contributed by atoms with van der Waals surface area (Å²) in [5.41, 5.74) is 0. The summed E-state index contributed by atoms with van der Waals surface area (Å²) in [7, 11) is 1.59. The lowest BCUT2D eigenvalue weighted by atomic mass is 10.0. The summed E-state index contributed by atoms with van der Waals surface area (Å²) < 4.78 is 23.8. The van der Waals surface area contributed by atoms with Gasteiger partial charge in [-0.2, -0.15) is 0 Å². The smallest absolute Gasteiger partial charge is 0.387 e. The normalized spacial score (nSPS) is 13.8. The highest BCUT2D eigenvalue weighted by molar-refractivity contribution is 7.47. The molecule has 0 rings (SSSR count). The molecule has 0 aromatic rings. The largest absolute Gasteiger partial charge is 0.472 e. The molecule has 1 amide bonds. The van der Waals surface area contributed by atoms with Crippen LogP contribution >= 0.6 is 7.82 Å². The second-order valence-corrected chi connectivity index (χ2v) is 26.4. The van der Waals surface area contributed by atoms with Crippen LogP contribution < -0.4 is 5.32 Å². The minimum Gasteiger partial charge on any atom is -0.387 e. The van der Waals surface area contributed by atoms with Crippen LogP contribution in [-0.4, -0.2) is 73.4 Å². The number of aliphatic hydroxyl groups excluding tert-OH is 1. The van der Waals surface area contributed by atoms with Crippen molar-refractivity contribution in [3.63, 3.8) is 0 Å². The molecule has 0 aromatic carbocycles. The van der Waals surface area contributed by atoms with Crippen LogP contribution in [0.4, 0.5) is 0 Å². The first kappa shape index (κ1) is 76.0. The number of nitrogens with one attached hydrogen (secondary N) is 1. The monoisotopic (exact) mass is 1110 g/mol. The van der Waals surface area contributed by atoms with Crippen LogP contribution in [0, 0.1) is 0 Å². The Morgan fingerprint density at radius 2 is 0.701 bits per heavy atom. The maximum atomic E-state index is 13.0. The van der Waals surface area contributed by atoms with Crippen molar-refractivity contribution in [2.45, 2.75) is 366 Å². The van der Waals surface area contributed by atoms with Gasteiger partial charge in [-0.25, -0.2) is 4.57 Å². The van der Waals surface area contributed by atoms with Crippen LogP contribution in [-0.2, 0) is 18.4 Å². The number of carbonyl (C=O) groups is 1. The Kier molecular flexibility index (Phi) is 58.8. The summed E-state index contributed by atoms with van der Waals surface area (Å²) in [6.45, 7) is 4.88. The number of quaternary nitrogens is 1. The van der Waals surface area contributed by atoms with Crippen molar-refractivity contribution < 1.29 is 32.9 Å². The van der Waals surface area contributed by atoms with Gasteiger partial charge in [0.15, 0.2) is 0 Å². The number of aliphatic hydroxyl groups is 1. The number of likely N-dealkylation sites (N-methyl/N-ethyl adjacent to an activating group) is 1. The van der Waals surface area contributed by atoms with Gasteiger partial charge in [0.05, 0.1) is 39.9 Å². The van der Waals surface area contributed by atoms with E-state index in [4.69, 9.17) is 9.05 Å². The fourth-order valence-corrected chi connectivity index (χ4v) is 11.3. The van der Waals surface area contributed by atoms with Gasteiger partial charge in [0.1, 0.15) is 13.2 Å². The van der Waals surface area contributed by atoms with E-state index in [2.05, 4.69) is 31.3 Å². The first-order valence-electron chi connectivity index (χ1n) is 34.2. The molecule has 0 fully saturated rings. The zero-order valence-electron chi connectivity index (χ0n) is 52.5. The third-order valence-corrected chi connectivity index (χ3v) is 16.9. The highest BCUT2D eigenvalue weighted by Gasteiger charge is 2.28. The molecule has 0 heterocycles. The van der Waals surface area contributed by atoms with E-state index in [1.54, 1.807) is 6.08 Å². The number of rotatable bonds is 64. The molecule has 0 saturated heterocycles. The van der Waals surface area contributed by atoms with Crippen molar-refractivity contribution in [2.24, 2.45) is 0 Å². The molecule has 0 aliphatic rings. The molecular formula is C68H136N2O6P+. The van der Waals surface area contributed by atoms with E-state index in [1.165, 1.54) is 302 Å². The quantitative estimate of drug-likeness (QED) is 0.0243. The highest BCUT2D eigenvalue weighted by atomic mass is 31.2. The molecule has 458 valence electrons. The Morgan fingerprint density at radius 3 is 1.00 bits per heavy atom. The number of hydrogen-bond acceptors (Lipinski definition) is 5. The van der Waals surface area contributed by atoms with Gasteiger partial charge in [-0.05, 0) is 44.9 Å². The standard InChI is InChI=1S/C68H135N2O6P/c1-6-8-10-12-14-16-18-20-22-24-26-28-30-32-33-34-35-36-37-38-40-42-44-46-48-50-52-54-56-58-60-62-68(72)69-66(65-76-77(73,74)75-64-63-70(3,4)5)67(71)61-59-57-55-53-51-49-47-45-43-41-39-31-29-27-25-23-21-19-17-15-13-11-9-7-2/h24,26,59,61,66-67,71H,6-23,25,27-58,60,62-65H2,1-5H3,(H-,69,72,73,74)/p+1/b26-24-,61-59+. The molecule has 3 atom stereocenters. The molecule has 3 N–H and O–H groups in total. The number of amides is 1. The Labute approximate surface area is 481 Å². The summed E-state index contributed by atoms with van der Waals surface area (Å²) in [6, 6.07) is -0.845. The van der Waals surface area contributed by atoms with Gasteiger partial charge < -0.3 is 19.8 Å². The lowest BCUT2D eigenvalue weighted by Gasteiger charge is -2.25. The average Bonchev–Trinajstić information content (AvgIpc) is 3.39. The summed E-state index contributed by atoms with van der Waals surface area (Å²) in [5, 5.41) is 14.0. The molecule has 0 radical (unpaired) electrons. The number of nitrogens with zero attached hydrogens (tertiary/aromatic N) is 1. The summed E-state index contributed by atoms with van der Waals surface area (Å²) in [6.07, 6.45) is 77.5. The highest BCUT2D eigenvalue weighted by Crippen LogP contribution is 2.43. The van der Waals surface area contributed by atoms with Crippen LogP contribution in [0.3, 0.4) is 0 Å². The predicted molar refractivity (Wildman–Crippen MR) is 337 cm³/mol. The minimum atomic E-state index is -4.35. The summed E-state index contributed by atoms with van der Waals surface area (Å²) in [4.78, 5) is 23.4. The van der Waals surface area contributed by atoms with Gasteiger partial charge in [-0.15, -0.1) is 0 Å². The molecule has 3 unspecified atom stereocenters. The summed E-state index contributed by atoms with van der Waals surface area (Å²) >= 11 is 0. The number of hydrogen-bond donors (Lipinski definition) is 3. The van der Waals surface area contributed by atoms with E-state index in [0.717, 1.165) is 32.1 Å². The van der Waals surface area contributed by atoms with Crippen LogP contribution in [0.15, 0.2) is 24.3 Å². The maximum absolute atomic E-state index is 13.0. The Bertz CT molecular complexity index is 1300. The van der Waals surface area contributed by atoms with Crippen molar-refractivity contribution in [1.82, 2.24) is 5.32 Å². The van der Waals surface area contributed by atoms with Crippen molar-refractivity contribution >= 4 is 13.7 Å². The van der Waals surface area contributed by atoms with Gasteiger partial charge >= 0.3 is 7.82 Å². The van der Waals surface area contributed by atoms with Crippen molar-refractivity contribution in [3.05, 3.63) is 24.3 Å². The second-order valence-electron chi connectivity index (χ2n) is 24.9. The number of allylic oxidation sites excluding steroid dienone is 3. The number of unbranched alkanes of at least 4 members (excludes halogenated alkanes) is 49. The Hall–Kier alpha value is -1.02. The van der Waals surface area contributed by atoms with Crippen molar-refractivity contribution in [3.8, 4) is 0 Å². The Morgan fingerprint density at radius 1 is 0.429 bits per heavy atom. The first-order valence-corrected chi connectivity index (χ1v) is 35.7. The minimum absolute atomic E-state index is 0.0644. The van der Waals surface area contributed by atoms with E-state index in [0.29, 0.717) is 17.4 Å². The first-order chi connectivity index (χ1) is 37.5. The fraction of sp³-hybridized carbons (Fsp3) is 0.926. The molecule has 0 aliphatic carbocycles. The topological polar surface area (TPSA) is 105 Å². The Balaban J connectivity index is 4.04. The molecule has 77 heavy (non-hydrogen) atoms. The van der Waals surface area contributed by atoms with E-state index < -0.39 is 20.0 Å². The lowest BCUT2D eigenvalue weighted by Crippen LogP contribution is -2.45. The second kappa shape index (κ2) is 59.6. The maximum Gasteiger partial charge on any atom is 0.472 e. The van der Waals surface area contributed by atoms with Gasteiger partial charge in [0.2, 0.25) is 5.91 Å². The summed E-state index contributed by atoms with van der Waals surface area (Å²) in [5.74, 6) is -0.169. The van der Waals surface area contributed by atoms with Gasteiger partial charge in [-0.1, -0.05) is 327 Å². The van der Waals surface area contributed by atoms with E-state index in [9.17, 15) is 19.4 Å². The van der Waals surface area contributed by atoms with Crippen LogP contribution in [0.25, 0.3) is 0 Å². The van der Waals surface area contributed by atoms with Gasteiger partial charge in [0, 0.05) is 6.42 Å². The molecule has 0 aromatic heterocycles.